The number of sulfonamides is 1. The minimum atomic E-state index is -3.88. The smallest absolute Gasteiger partial charge is 0.261 e. The van der Waals surface area contributed by atoms with Crippen molar-refractivity contribution in [2.24, 2.45) is 23.7 Å². The zero-order valence-electron chi connectivity index (χ0n) is 16.9. The molecular weight excluding hydrogens is 426 g/mol. The summed E-state index contributed by atoms with van der Waals surface area (Å²) in [5.41, 5.74) is 1.34. The van der Waals surface area contributed by atoms with Gasteiger partial charge in [0.2, 0.25) is 11.8 Å². The van der Waals surface area contributed by atoms with Crippen LogP contribution in [0.2, 0.25) is 0 Å². The second-order valence-corrected chi connectivity index (χ2v) is 10.2. The number of pyridine rings is 1. The molecule has 1 saturated heterocycles. The van der Waals surface area contributed by atoms with Crippen LogP contribution in [0.25, 0.3) is 10.9 Å². The number of amides is 2. The van der Waals surface area contributed by atoms with Crippen LogP contribution in [0.3, 0.4) is 0 Å². The number of allylic oxidation sites excluding steroid dienone is 2. The van der Waals surface area contributed by atoms with Crippen molar-refractivity contribution in [1.82, 2.24) is 4.98 Å². The summed E-state index contributed by atoms with van der Waals surface area (Å²) in [7, 11) is -3.88. The number of para-hydroxylation sites is 1. The van der Waals surface area contributed by atoms with Crippen LogP contribution in [0, 0.1) is 23.7 Å². The Bertz CT molecular complexity index is 1380. The molecule has 1 unspecified atom stereocenters. The molecule has 4 atom stereocenters. The van der Waals surface area contributed by atoms with E-state index in [2.05, 4.69) is 9.71 Å². The largest absolute Gasteiger partial charge is 0.277 e. The molecule has 2 bridgehead atoms. The Kier molecular flexibility index (Phi) is 4.04. The van der Waals surface area contributed by atoms with Gasteiger partial charge in [-0.3, -0.25) is 24.2 Å². The summed E-state index contributed by atoms with van der Waals surface area (Å²) < 4.78 is 28.5. The van der Waals surface area contributed by atoms with Gasteiger partial charge < -0.3 is 0 Å². The van der Waals surface area contributed by atoms with Crippen molar-refractivity contribution in [3.05, 3.63) is 72.9 Å². The quantitative estimate of drug-likeness (QED) is 0.491. The van der Waals surface area contributed by atoms with Crippen molar-refractivity contribution in [2.45, 2.75) is 11.3 Å². The summed E-state index contributed by atoms with van der Waals surface area (Å²) in [6.07, 6.45) is 6.57. The van der Waals surface area contributed by atoms with Crippen molar-refractivity contribution in [2.75, 3.05) is 9.62 Å². The molecule has 3 aliphatic rings. The molecule has 0 radical (unpaired) electrons. The van der Waals surface area contributed by atoms with Gasteiger partial charge >= 0.3 is 0 Å². The van der Waals surface area contributed by atoms with E-state index in [4.69, 9.17) is 0 Å². The molecule has 7 nitrogen and oxygen atoms in total. The third-order valence-corrected chi connectivity index (χ3v) is 8.13. The maximum Gasteiger partial charge on any atom is 0.261 e. The number of rotatable bonds is 4. The predicted octanol–water partition coefficient (Wildman–Crippen LogP) is 3.35. The molecule has 2 aliphatic carbocycles. The van der Waals surface area contributed by atoms with Gasteiger partial charge in [0.15, 0.2) is 0 Å². The summed E-state index contributed by atoms with van der Waals surface area (Å²) in [4.78, 5) is 31.5. The molecule has 1 N–H and O–H groups in total. The van der Waals surface area contributed by atoms with Gasteiger partial charge in [0, 0.05) is 11.6 Å². The van der Waals surface area contributed by atoms with Crippen molar-refractivity contribution >= 4 is 44.1 Å². The molecular formula is C24H19N3O4S. The number of carbonyl (C=O) groups excluding carboxylic acids is 2. The van der Waals surface area contributed by atoms with Crippen LogP contribution < -0.4 is 9.62 Å². The van der Waals surface area contributed by atoms with E-state index < -0.39 is 10.0 Å². The van der Waals surface area contributed by atoms with E-state index in [1.54, 1.807) is 24.4 Å². The van der Waals surface area contributed by atoms with Crippen molar-refractivity contribution in [1.29, 1.82) is 0 Å². The third-order valence-electron chi connectivity index (χ3n) is 6.75. The first-order valence-corrected chi connectivity index (χ1v) is 12.0. The van der Waals surface area contributed by atoms with Gasteiger partial charge in [0.25, 0.3) is 10.0 Å². The van der Waals surface area contributed by atoms with E-state index in [-0.39, 0.29) is 40.4 Å². The van der Waals surface area contributed by atoms with E-state index in [0.29, 0.717) is 16.9 Å². The number of fused-ring (bicyclic) bond motifs is 6. The van der Waals surface area contributed by atoms with Gasteiger partial charge in [-0.15, -0.1) is 0 Å². The molecule has 2 heterocycles. The average molecular weight is 446 g/mol. The maximum atomic E-state index is 13.0. The van der Waals surface area contributed by atoms with Gasteiger partial charge in [-0.1, -0.05) is 30.4 Å². The van der Waals surface area contributed by atoms with Crippen LogP contribution >= 0.6 is 0 Å². The first kappa shape index (κ1) is 19.2. The number of nitrogens with zero attached hydrogens (tertiary/aromatic N) is 2. The lowest BCUT2D eigenvalue weighted by Gasteiger charge is -2.18. The van der Waals surface area contributed by atoms with E-state index >= 15 is 0 Å². The van der Waals surface area contributed by atoms with Crippen molar-refractivity contribution in [3.8, 4) is 0 Å². The molecule has 32 heavy (non-hydrogen) atoms. The van der Waals surface area contributed by atoms with Gasteiger partial charge in [0.1, 0.15) is 0 Å². The third kappa shape index (κ3) is 2.72. The fourth-order valence-corrected chi connectivity index (χ4v) is 6.39. The van der Waals surface area contributed by atoms with Gasteiger partial charge in [-0.2, -0.15) is 0 Å². The average Bonchev–Trinajstić information content (AvgIpc) is 3.48. The highest BCUT2D eigenvalue weighted by Crippen LogP contribution is 2.53. The Labute approximate surface area is 184 Å². The van der Waals surface area contributed by atoms with E-state index in [1.165, 1.54) is 29.2 Å². The zero-order valence-corrected chi connectivity index (χ0v) is 17.7. The number of benzene rings is 2. The molecule has 2 aromatic carbocycles. The monoisotopic (exact) mass is 445 g/mol. The predicted molar refractivity (Wildman–Crippen MR) is 119 cm³/mol. The van der Waals surface area contributed by atoms with Crippen molar-refractivity contribution < 1.29 is 18.0 Å². The molecule has 1 aromatic heterocycles. The van der Waals surface area contributed by atoms with Crippen LogP contribution in [0.1, 0.15) is 6.42 Å². The molecule has 6 rings (SSSR count). The number of nitrogens with one attached hydrogen (secondary N) is 1. The molecule has 3 aromatic rings. The van der Waals surface area contributed by atoms with Crippen LogP contribution in [0.5, 0.6) is 0 Å². The zero-order chi connectivity index (χ0) is 22.0. The van der Waals surface area contributed by atoms with Crippen LogP contribution in [0.15, 0.2) is 77.8 Å². The minimum Gasteiger partial charge on any atom is -0.277 e. The SMILES string of the molecule is O=C1[C@@H]2[C@@H]3C=CC(C3)[C@@H]2C(=O)N1c1ccc(S(=O)(=O)Nc2cccc3cccnc23)cc1. The molecule has 1 aliphatic heterocycles. The molecule has 2 fully saturated rings. The van der Waals surface area contributed by atoms with Gasteiger partial charge in [-0.05, 0) is 54.7 Å². The fraction of sp³-hybridized carbons (Fsp3) is 0.208. The van der Waals surface area contributed by atoms with E-state index in [9.17, 15) is 18.0 Å². The lowest BCUT2D eigenvalue weighted by Crippen LogP contribution is -2.32. The summed E-state index contributed by atoms with van der Waals surface area (Å²) in [5, 5.41) is 0.822. The standard InChI is InChI=1S/C24H19N3O4S/c28-23-20-15-6-7-16(13-15)21(20)24(29)27(23)17-8-10-18(11-9-17)32(30,31)26-19-5-1-3-14-4-2-12-25-22(14)19/h1-12,15-16,20-21,26H,13H2/t15-,16?,20-,21+/m1/s1. The first-order valence-electron chi connectivity index (χ1n) is 10.5. The highest BCUT2D eigenvalue weighted by molar-refractivity contribution is 7.92. The minimum absolute atomic E-state index is 0.0372. The molecule has 160 valence electrons. The number of carbonyl (C=O) groups is 2. The lowest BCUT2D eigenvalue weighted by atomic mass is 9.85. The number of aromatic nitrogens is 1. The van der Waals surface area contributed by atoms with Crippen LogP contribution in [-0.2, 0) is 19.6 Å². The van der Waals surface area contributed by atoms with Crippen LogP contribution in [0.4, 0.5) is 11.4 Å². The Balaban J connectivity index is 1.28. The summed E-state index contributed by atoms with van der Waals surface area (Å²) in [6.45, 7) is 0. The Hall–Kier alpha value is -3.52. The molecule has 2 amide bonds. The molecule has 8 heteroatoms. The van der Waals surface area contributed by atoms with E-state index in [0.717, 1.165) is 11.8 Å². The topological polar surface area (TPSA) is 96.4 Å². The Morgan fingerprint density at radius 3 is 2.22 bits per heavy atom. The Morgan fingerprint density at radius 2 is 1.53 bits per heavy atom. The Morgan fingerprint density at radius 1 is 0.875 bits per heavy atom. The lowest BCUT2D eigenvalue weighted by molar-refractivity contribution is -0.123. The molecule has 0 spiro atoms. The van der Waals surface area contributed by atoms with Crippen molar-refractivity contribution in [3.63, 3.8) is 0 Å². The highest BCUT2D eigenvalue weighted by atomic mass is 32.2. The number of imide groups is 1. The summed E-state index contributed by atoms with van der Waals surface area (Å²) in [5.74, 6) is -0.697. The number of anilines is 2. The van der Waals surface area contributed by atoms with Gasteiger partial charge in [0.05, 0.1) is 33.6 Å². The number of hydrogen-bond donors (Lipinski definition) is 1. The van der Waals surface area contributed by atoms with Crippen LogP contribution in [-0.4, -0.2) is 25.2 Å². The first-order chi connectivity index (χ1) is 15.4. The normalized spacial score (nSPS) is 26.2. The maximum absolute atomic E-state index is 13.0. The van der Waals surface area contributed by atoms with E-state index in [1.807, 2.05) is 24.3 Å². The summed E-state index contributed by atoms with van der Waals surface area (Å²) >= 11 is 0. The highest BCUT2D eigenvalue weighted by Gasteiger charge is 2.59. The second-order valence-electron chi connectivity index (χ2n) is 8.49. The summed E-state index contributed by atoms with van der Waals surface area (Å²) in [6, 6.07) is 14.8. The molecule has 1 saturated carbocycles. The second kappa shape index (κ2) is 6.74. The fourth-order valence-electron chi connectivity index (χ4n) is 5.32. The van der Waals surface area contributed by atoms with Gasteiger partial charge in [-0.25, -0.2) is 8.42 Å². The number of hydrogen-bond acceptors (Lipinski definition) is 5.